The zero-order valence-corrected chi connectivity index (χ0v) is 58.9. The number of allylic oxidation sites excluding steroid dienone is 6. The van der Waals surface area contributed by atoms with Crippen LogP contribution in [0.15, 0.2) is 36.5 Å². The molecule has 0 spiro atoms. The van der Waals surface area contributed by atoms with Gasteiger partial charge in [-0.05, 0) is 70.6 Å². The highest BCUT2D eigenvalue weighted by molar-refractivity contribution is 7.47. The molecule has 0 aromatic rings. The monoisotopic (exact) mass is 1250 g/mol. The van der Waals surface area contributed by atoms with Gasteiger partial charge in [0, 0.05) is 19.4 Å². The molecule has 0 aromatic carbocycles. The van der Waals surface area contributed by atoms with E-state index in [0.29, 0.717) is 6.42 Å². The summed E-state index contributed by atoms with van der Waals surface area (Å²) in [5.74, 6) is -0.803. The maximum absolute atomic E-state index is 12.8. The maximum atomic E-state index is 12.8. The molecule has 0 rings (SSSR count). The number of nitrogens with two attached hydrogens (primary N) is 1. The Morgan fingerprint density at radius 3 is 0.885 bits per heavy atom. The van der Waals surface area contributed by atoms with Gasteiger partial charge in [0.25, 0.3) is 0 Å². The number of carbonyl (C=O) groups excluding carboxylic acids is 2. The normalized spacial score (nSPS) is 13.0. The summed E-state index contributed by atoms with van der Waals surface area (Å²) in [6, 6.07) is 0. The lowest BCUT2D eigenvalue weighted by molar-refractivity contribution is -0.161. The second kappa shape index (κ2) is 73.3. The Balaban J connectivity index is 3.76. The third-order valence-electron chi connectivity index (χ3n) is 17.5. The summed E-state index contributed by atoms with van der Waals surface area (Å²) in [6.45, 7) is 3.81. The number of hydrogen-bond donors (Lipinski definition) is 2. The van der Waals surface area contributed by atoms with Gasteiger partial charge in [0.05, 0.1) is 13.2 Å². The molecule has 2 unspecified atom stereocenters. The minimum atomic E-state index is -4.39. The lowest BCUT2D eigenvalue weighted by Gasteiger charge is -2.19. The first-order chi connectivity index (χ1) is 42.8. The third-order valence-corrected chi connectivity index (χ3v) is 18.5. The van der Waals surface area contributed by atoms with Gasteiger partial charge >= 0.3 is 19.8 Å². The highest BCUT2D eigenvalue weighted by Crippen LogP contribution is 2.43. The lowest BCUT2D eigenvalue weighted by atomic mass is 10.0. The number of phosphoric acid groups is 1. The van der Waals surface area contributed by atoms with Crippen LogP contribution in [0.1, 0.15) is 412 Å². The van der Waals surface area contributed by atoms with Crippen LogP contribution in [0.3, 0.4) is 0 Å². The minimum absolute atomic E-state index is 0.0562. The zero-order valence-electron chi connectivity index (χ0n) is 58.0. The summed E-state index contributed by atoms with van der Waals surface area (Å²) in [7, 11) is -4.39. The SMILES string of the molecule is CCCCCCC/C=C\C/C=C\CCCCCCCCCCCCCCCCCCCC(=O)OC(COC(=O)CCCCCCCCCCCCCCCCCCCCCCCCCCC/C=C\CCCCCCCCCC)COP(=O)(O)OCCN. The van der Waals surface area contributed by atoms with E-state index in [4.69, 9.17) is 24.3 Å². The van der Waals surface area contributed by atoms with Crippen molar-refractivity contribution in [3.63, 3.8) is 0 Å². The summed E-state index contributed by atoms with van der Waals surface area (Å²) in [5.41, 5.74) is 5.41. The average molecular weight is 1250 g/mol. The summed E-state index contributed by atoms with van der Waals surface area (Å²) in [5, 5.41) is 0. The largest absolute Gasteiger partial charge is 0.472 e. The van der Waals surface area contributed by atoms with Crippen LogP contribution < -0.4 is 5.73 Å². The number of hydrogen-bond acceptors (Lipinski definition) is 8. The standard InChI is InChI=1S/C77H148NO8P/c1-3-5-7-9-11-13-15-17-19-21-23-25-27-29-31-33-34-35-36-37-38-39-40-42-43-45-47-49-51-53-55-57-59-61-63-65-67-69-76(79)83-73-75(74-85-87(81,82)84-72-71-78)86-77(80)70-68-66-64-62-60-58-56-54-52-50-48-46-44-41-32-30-28-26-24-22-20-18-16-14-12-10-8-6-4-2/h16,18,21-24,75H,3-15,17,19-20,25-74,78H2,1-2H3,(H,81,82)/b18-16-,23-21-,24-22-. The first kappa shape index (κ1) is 85.2. The highest BCUT2D eigenvalue weighted by Gasteiger charge is 2.26. The molecule has 0 radical (unpaired) electrons. The Bertz CT molecular complexity index is 1520. The van der Waals surface area contributed by atoms with Gasteiger partial charge in [-0.25, -0.2) is 4.57 Å². The van der Waals surface area contributed by atoms with Crippen molar-refractivity contribution < 1.29 is 37.6 Å². The van der Waals surface area contributed by atoms with Gasteiger partial charge in [-0.2, -0.15) is 0 Å². The molecule has 0 aliphatic heterocycles. The van der Waals surface area contributed by atoms with E-state index in [1.807, 2.05) is 0 Å². The molecule has 0 bridgehead atoms. The quantitative estimate of drug-likeness (QED) is 0.0264. The van der Waals surface area contributed by atoms with Crippen LogP contribution in [0.5, 0.6) is 0 Å². The molecule has 0 saturated carbocycles. The number of phosphoric ester groups is 1. The smallest absolute Gasteiger partial charge is 0.462 e. The van der Waals surface area contributed by atoms with Crippen molar-refractivity contribution in [2.24, 2.45) is 5.73 Å². The fourth-order valence-electron chi connectivity index (χ4n) is 11.8. The third kappa shape index (κ3) is 73.2. The molecule has 0 aromatic heterocycles. The average Bonchev–Trinajstić information content (AvgIpc) is 3.63. The van der Waals surface area contributed by atoms with Gasteiger partial charge in [-0.3, -0.25) is 18.6 Å². The molecular weight excluding hydrogens is 1100 g/mol. The molecule has 0 aliphatic rings. The van der Waals surface area contributed by atoms with Gasteiger partial charge in [0.15, 0.2) is 6.10 Å². The van der Waals surface area contributed by atoms with Crippen molar-refractivity contribution in [1.82, 2.24) is 0 Å². The van der Waals surface area contributed by atoms with Gasteiger partial charge in [-0.15, -0.1) is 0 Å². The number of ether oxygens (including phenoxy) is 2. The van der Waals surface area contributed by atoms with Crippen molar-refractivity contribution >= 4 is 19.8 Å². The number of carbonyl (C=O) groups is 2. The van der Waals surface area contributed by atoms with Gasteiger partial charge < -0.3 is 20.1 Å². The second-order valence-electron chi connectivity index (χ2n) is 26.2. The van der Waals surface area contributed by atoms with Crippen LogP contribution in [0.25, 0.3) is 0 Å². The maximum Gasteiger partial charge on any atom is 0.472 e. The van der Waals surface area contributed by atoms with Crippen LogP contribution >= 0.6 is 7.82 Å². The number of esters is 2. The molecule has 9 nitrogen and oxygen atoms in total. The number of unbranched alkanes of at least 4 members (excludes halogenated alkanes) is 55. The predicted molar refractivity (Wildman–Crippen MR) is 377 cm³/mol. The van der Waals surface area contributed by atoms with Crippen molar-refractivity contribution in [2.75, 3.05) is 26.4 Å². The van der Waals surface area contributed by atoms with Crippen LogP contribution in [-0.2, 0) is 32.7 Å². The second-order valence-corrected chi connectivity index (χ2v) is 27.7. The minimum Gasteiger partial charge on any atom is -0.462 e. The Labute approximate surface area is 541 Å². The molecule has 0 aliphatic carbocycles. The van der Waals surface area contributed by atoms with Gasteiger partial charge in [0.2, 0.25) is 0 Å². The van der Waals surface area contributed by atoms with Crippen molar-refractivity contribution in [3.05, 3.63) is 36.5 Å². The van der Waals surface area contributed by atoms with Gasteiger partial charge in [-0.1, -0.05) is 365 Å². The fourth-order valence-corrected chi connectivity index (χ4v) is 12.6. The zero-order chi connectivity index (χ0) is 63.0. The summed E-state index contributed by atoms with van der Waals surface area (Å²) in [4.78, 5) is 35.4. The van der Waals surface area contributed by atoms with Crippen LogP contribution in [0.2, 0.25) is 0 Å². The van der Waals surface area contributed by atoms with Crippen LogP contribution in [0, 0.1) is 0 Å². The van der Waals surface area contributed by atoms with E-state index in [1.165, 1.54) is 340 Å². The summed E-state index contributed by atoms with van der Waals surface area (Å²) < 4.78 is 33.2. The molecule has 87 heavy (non-hydrogen) atoms. The Morgan fingerprint density at radius 2 is 0.598 bits per heavy atom. The molecule has 2 atom stereocenters. The molecular formula is C77H148NO8P. The van der Waals surface area contributed by atoms with E-state index < -0.39 is 26.5 Å². The molecule has 514 valence electrons. The first-order valence-electron chi connectivity index (χ1n) is 38.5. The van der Waals surface area contributed by atoms with Crippen molar-refractivity contribution in [3.8, 4) is 0 Å². The van der Waals surface area contributed by atoms with Crippen molar-refractivity contribution in [2.45, 2.75) is 418 Å². The van der Waals surface area contributed by atoms with E-state index in [0.717, 1.165) is 38.5 Å². The summed E-state index contributed by atoms with van der Waals surface area (Å²) in [6.07, 6.45) is 92.8. The van der Waals surface area contributed by atoms with E-state index in [2.05, 4.69) is 50.3 Å². The highest BCUT2D eigenvalue weighted by atomic mass is 31.2. The Hall–Kier alpha value is -1.77. The van der Waals surface area contributed by atoms with E-state index >= 15 is 0 Å². The Kier molecular flexibility index (Phi) is 71.8. The molecule has 3 N–H and O–H groups in total. The number of rotatable bonds is 74. The van der Waals surface area contributed by atoms with Gasteiger partial charge in [0.1, 0.15) is 6.61 Å². The molecule has 0 fully saturated rings. The molecule has 10 heteroatoms. The molecule has 0 heterocycles. The fraction of sp³-hybridized carbons (Fsp3) is 0.896. The van der Waals surface area contributed by atoms with Crippen LogP contribution in [0.4, 0.5) is 0 Å². The molecule has 0 saturated heterocycles. The Morgan fingerprint density at radius 1 is 0.345 bits per heavy atom. The van der Waals surface area contributed by atoms with E-state index in [1.54, 1.807) is 0 Å². The lowest BCUT2D eigenvalue weighted by Crippen LogP contribution is -2.29. The first-order valence-corrected chi connectivity index (χ1v) is 40.0. The topological polar surface area (TPSA) is 134 Å². The predicted octanol–water partition coefficient (Wildman–Crippen LogP) is 25.4. The molecule has 0 amide bonds. The van der Waals surface area contributed by atoms with E-state index in [-0.39, 0.29) is 38.6 Å². The van der Waals surface area contributed by atoms with E-state index in [9.17, 15) is 19.0 Å². The van der Waals surface area contributed by atoms with Crippen molar-refractivity contribution in [1.29, 1.82) is 0 Å². The summed E-state index contributed by atoms with van der Waals surface area (Å²) >= 11 is 0. The van der Waals surface area contributed by atoms with Crippen LogP contribution in [-0.4, -0.2) is 49.3 Å².